The van der Waals surface area contributed by atoms with Crippen LogP contribution in [0.2, 0.25) is 5.02 Å². The fraction of sp³-hybridized carbons (Fsp3) is 0.357. The molecule has 0 spiro atoms. The van der Waals surface area contributed by atoms with Gasteiger partial charge in [-0.15, -0.1) is 10.2 Å². The lowest BCUT2D eigenvalue weighted by Gasteiger charge is -2.19. The predicted molar refractivity (Wildman–Crippen MR) is 82.2 cm³/mol. The second-order valence-corrected chi connectivity index (χ2v) is 6.80. The van der Waals surface area contributed by atoms with Gasteiger partial charge in [0.25, 0.3) is 0 Å². The van der Waals surface area contributed by atoms with Gasteiger partial charge in [-0.25, -0.2) is 0 Å². The van der Waals surface area contributed by atoms with E-state index in [2.05, 4.69) is 26.1 Å². The molecule has 0 saturated heterocycles. The molecule has 0 aliphatic carbocycles. The van der Waals surface area contributed by atoms with E-state index in [0.717, 1.165) is 10.0 Å². The number of rotatable bonds is 5. The second-order valence-electron chi connectivity index (χ2n) is 5.54. The van der Waals surface area contributed by atoms with Crippen LogP contribution in [0.3, 0.4) is 0 Å². The van der Waals surface area contributed by atoms with Gasteiger partial charge in [-0.05, 0) is 39.5 Å². The number of nitrogens with zero attached hydrogens (tertiary/aromatic N) is 2. The van der Waals surface area contributed by atoms with Crippen molar-refractivity contribution in [3.8, 4) is 11.5 Å². The molecule has 7 heteroatoms. The summed E-state index contributed by atoms with van der Waals surface area (Å²) in [6, 6.07) is 5.34. The van der Waals surface area contributed by atoms with Crippen molar-refractivity contribution < 1.29 is 14.3 Å². The predicted octanol–water partition coefficient (Wildman–Crippen LogP) is 4.20. The van der Waals surface area contributed by atoms with E-state index in [9.17, 15) is 4.79 Å². The molecule has 5 nitrogen and oxygen atoms in total. The third-order valence-corrected chi connectivity index (χ3v) is 4.13. The van der Waals surface area contributed by atoms with Gasteiger partial charge in [0.1, 0.15) is 0 Å². The van der Waals surface area contributed by atoms with E-state index in [0.29, 0.717) is 23.2 Å². The van der Waals surface area contributed by atoms with Crippen LogP contribution in [0.25, 0.3) is 11.5 Å². The maximum Gasteiger partial charge on any atom is 0.303 e. The summed E-state index contributed by atoms with van der Waals surface area (Å²) in [5.41, 5.74) is 0.269. The number of carboxylic acid groups (broad SMARTS) is 1. The fourth-order valence-electron chi connectivity index (χ4n) is 1.95. The summed E-state index contributed by atoms with van der Waals surface area (Å²) < 4.78 is 6.38. The Morgan fingerprint density at radius 2 is 2.14 bits per heavy atom. The van der Waals surface area contributed by atoms with Gasteiger partial charge < -0.3 is 9.52 Å². The molecule has 0 fully saturated rings. The van der Waals surface area contributed by atoms with Crippen LogP contribution in [0, 0.1) is 5.41 Å². The van der Waals surface area contributed by atoms with E-state index in [1.54, 1.807) is 12.1 Å². The van der Waals surface area contributed by atoms with Gasteiger partial charge in [0.15, 0.2) is 0 Å². The lowest BCUT2D eigenvalue weighted by molar-refractivity contribution is -0.139. The SMILES string of the molecule is CC(C)(CC(=O)O)Cc1nnc(-c2ccc(Br)c(Cl)c2)o1. The van der Waals surface area contributed by atoms with Gasteiger partial charge in [0.05, 0.1) is 11.4 Å². The van der Waals surface area contributed by atoms with Crippen LogP contribution in [0.4, 0.5) is 0 Å². The first-order valence-electron chi connectivity index (χ1n) is 6.26. The van der Waals surface area contributed by atoms with E-state index in [1.165, 1.54) is 0 Å². The van der Waals surface area contributed by atoms with E-state index in [-0.39, 0.29) is 6.42 Å². The maximum absolute atomic E-state index is 10.8. The minimum absolute atomic E-state index is 0.0365. The van der Waals surface area contributed by atoms with Gasteiger partial charge in [0, 0.05) is 16.5 Å². The molecular formula is C14H14BrClN2O3. The molecule has 21 heavy (non-hydrogen) atoms. The Balaban J connectivity index is 2.18. The molecule has 0 aliphatic rings. The Labute approximate surface area is 135 Å². The molecule has 0 atom stereocenters. The highest BCUT2D eigenvalue weighted by Gasteiger charge is 2.25. The average molecular weight is 374 g/mol. The zero-order valence-corrected chi connectivity index (χ0v) is 13.9. The lowest BCUT2D eigenvalue weighted by Crippen LogP contribution is -2.19. The number of carbonyl (C=O) groups is 1. The van der Waals surface area contributed by atoms with Gasteiger partial charge in [-0.2, -0.15) is 0 Å². The summed E-state index contributed by atoms with van der Waals surface area (Å²) in [7, 11) is 0. The highest BCUT2D eigenvalue weighted by Crippen LogP contribution is 2.30. The summed E-state index contributed by atoms with van der Waals surface area (Å²) >= 11 is 9.35. The monoisotopic (exact) mass is 372 g/mol. The van der Waals surface area contributed by atoms with Crippen LogP contribution in [0.15, 0.2) is 27.1 Å². The first-order chi connectivity index (χ1) is 9.77. The van der Waals surface area contributed by atoms with Crippen molar-refractivity contribution in [2.45, 2.75) is 26.7 Å². The van der Waals surface area contributed by atoms with Crippen molar-refractivity contribution in [2.24, 2.45) is 5.41 Å². The molecule has 0 saturated carbocycles. The van der Waals surface area contributed by atoms with Crippen LogP contribution in [0.5, 0.6) is 0 Å². The highest BCUT2D eigenvalue weighted by atomic mass is 79.9. The largest absolute Gasteiger partial charge is 0.481 e. The first-order valence-corrected chi connectivity index (χ1v) is 7.43. The van der Waals surface area contributed by atoms with Crippen LogP contribution < -0.4 is 0 Å². The minimum Gasteiger partial charge on any atom is -0.481 e. The molecule has 1 aromatic heterocycles. The number of hydrogen-bond acceptors (Lipinski definition) is 4. The second kappa shape index (κ2) is 6.15. The molecule has 2 aromatic rings. The van der Waals surface area contributed by atoms with E-state index in [4.69, 9.17) is 21.1 Å². The standard InChI is InChI=1S/C14H14BrClN2O3/c1-14(2,7-12(19)20)6-11-17-18-13(21-11)8-3-4-9(15)10(16)5-8/h3-5H,6-7H2,1-2H3,(H,19,20). The van der Waals surface area contributed by atoms with Gasteiger partial charge >= 0.3 is 5.97 Å². The molecule has 112 valence electrons. The van der Waals surface area contributed by atoms with Crippen LogP contribution in [0.1, 0.15) is 26.2 Å². The Morgan fingerprint density at radius 1 is 1.43 bits per heavy atom. The van der Waals surface area contributed by atoms with Crippen molar-refractivity contribution >= 4 is 33.5 Å². The summed E-state index contributed by atoms with van der Waals surface area (Å²) in [6.45, 7) is 3.70. The molecule has 0 unspecified atom stereocenters. The van der Waals surface area contributed by atoms with Crippen LogP contribution >= 0.6 is 27.5 Å². The zero-order chi connectivity index (χ0) is 15.6. The van der Waals surface area contributed by atoms with Crippen LogP contribution in [-0.2, 0) is 11.2 Å². The number of aliphatic carboxylic acids is 1. The molecule has 2 rings (SSSR count). The van der Waals surface area contributed by atoms with E-state index >= 15 is 0 Å². The lowest BCUT2D eigenvalue weighted by atomic mass is 9.86. The maximum atomic E-state index is 10.8. The van der Waals surface area contributed by atoms with Crippen molar-refractivity contribution in [1.29, 1.82) is 0 Å². The quantitative estimate of drug-likeness (QED) is 0.850. The van der Waals surface area contributed by atoms with Gasteiger partial charge in [-0.1, -0.05) is 25.4 Å². The minimum atomic E-state index is -0.848. The number of benzene rings is 1. The number of hydrogen-bond donors (Lipinski definition) is 1. The number of carboxylic acids is 1. The van der Waals surface area contributed by atoms with Crippen LogP contribution in [-0.4, -0.2) is 21.3 Å². The molecule has 1 N–H and O–H groups in total. The number of aromatic nitrogens is 2. The highest BCUT2D eigenvalue weighted by molar-refractivity contribution is 9.10. The van der Waals surface area contributed by atoms with Crippen molar-refractivity contribution in [2.75, 3.05) is 0 Å². The summed E-state index contributed by atoms with van der Waals surface area (Å²) in [5.74, 6) is -0.0692. The fourth-order valence-corrected chi connectivity index (χ4v) is 2.38. The molecule has 0 bridgehead atoms. The molecule has 0 aliphatic heterocycles. The normalized spacial score (nSPS) is 11.6. The first kappa shape index (κ1) is 16.0. The summed E-state index contributed by atoms with van der Waals surface area (Å²) in [5, 5.41) is 17.4. The Bertz CT molecular complexity index is 670. The number of halogens is 2. The molecule has 0 amide bonds. The Hall–Kier alpha value is -1.40. The third-order valence-electron chi connectivity index (χ3n) is 2.89. The van der Waals surface area contributed by atoms with Gasteiger partial charge in [0.2, 0.25) is 11.8 Å². The average Bonchev–Trinajstić information content (AvgIpc) is 2.78. The molecule has 1 aromatic carbocycles. The van der Waals surface area contributed by atoms with Gasteiger partial charge in [-0.3, -0.25) is 4.79 Å². The molecular weight excluding hydrogens is 360 g/mol. The smallest absolute Gasteiger partial charge is 0.303 e. The third kappa shape index (κ3) is 4.28. The zero-order valence-electron chi connectivity index (χ0n) is 11.6. The molecule has 1 heterocycles. The Morgan fingerprint density at radius 3 is 2.76 bits per heavy atom. The van der Waals surface area contributed by atoms with Crippen molar-refractivity contribution in [3.63, 3.8) is 0 Å². The summed E-state index contributed by atoms with van der Waals surface area (Å²) in [4.78, 5) is 10.8. The van der Waals surface area contributed by atoms with Crippen molar-refractivity contribution in [1.82, 2.24) is 10.2 Å². The molecule has 0 radical (unpaired) electrons. The van der Waals surface area contributed by atoms with E-state index < -0.39 is 11.4 Å². The van der Waals surface area contributed by atoms with E-state index in [1.807, 2.05) is 19.9 Å². The summed E-state index contributed by atoms with van der Waals surface area (Å²) in [6.07, 6.45) is 0.436. The Kier molecular flexibility index (Phi) is 4.68. The van der Waals surface area contributed by atoms with Crippen molar-refractivity contribution in [3.05, 3.63) is 33.6 Å². The topological polar surface area (TPSA) is 76.2 Å².